The van der Waals surface area contributed by atoms with Crippen molar-refractivity contribution in [3.63, 3.8) is 0 Å². The third kappa shape index (κ3) is 6.38. The molecule has 0 aliphatic carbocycles. The van der Waals surface area contributed by atoms with E-state index in [1.165, 1.54) is 5.56 Å². The van der Waals surface area contributed by atoms with Gasteiger partial charge < -0.3 is 15.4 Å². The van der Waals surface area contributed by atoms with Gasteiger partial charge in [-0.1, -0.05) is 18.2 Å². The fourth-order valence-electron chi connectivity index (χ4n) is 2.22. The number of aryl methyl sites for hydroxylation is 1. The van der Waals surface area contributed by atoms with Crippen LogP contribution in [0.3, 0.4) is 0 Å². The number of nitrogens with one attached hydrogen (secondary N) is 2. The number of methoxy groups -OCH3 is 1. The Labute approximate surface area is 160 Å². The number of para-hydroxylation sites is 1. The van der Waals surface area contributed by atoms with Crippen LogP contribution in [0.25, 0.3) is 0 Å². The molecule has 1 aromatic carbocycles. The average molecular weight is 443 g/mol. The van der Waals surface area contributed by atoms with Gasteiger partial charge in [0.05, 0.1) is 26.4 Å². The molecule has 1 heterocycles. The van der Waals surface area contributed by atoms with Crippen LogP contribution in [0.4, 0.5) is 0 Å². The first-order chi connectivity index (χ1) is 11.2. The summed E-state index contributed by atoms with van der Waals surface area (Å²) in [5, 5.41) is 10.8. The Balaban J connectivity index is 0.00000288. The lowest BCUT2D eigenvalue weighted by Gasteiger charge is -2.12. The average Bonchev–Trinajstić information content (AvgIpc) is 2.98. The van der Waals surface area contributed by atoms with Crippen LogP contribution in [-0.4, -0.2) is 35.9 Å². The quantitative estimate of drug-likeness (QED) is 0.393. The number of aromatic nitrogens is 2. The molecule has 0 unspecified atom stereocenters. The summed E-state index contributed by atoms with van der Waals surface area (Å²) in [4.78, 5) is 4.61. The van der Waals surface area contributed by atoms with Crippen LogP contribution < -0.4 is 15.4 Å². The zero-order chi connectivity index (χ0) is 16.5. The van der Waals surface area contributed by atoms with Gasteiger partial charge in [0.1, 0.15) is 5.75 Å². The number of benzene rings is 1. The molecule has 6 nitrogen and oxygen atoms in total. The highest BCUT2D eigenvalue weighted by molar-refractivity contribution is 14.0. The van der Waals surface area contributed by atoms with Crippen molar-refractivity contribution < 1.29 is 4.74 Å². The highest BCUT2D eigenvalue weighted by Crippen LogP contribution is 2.17. The zero-order valence-electron chi connectivity index (χ0n) is 14.5. The smallest absolute Gasteiger partial charge is 0.191 e. The molecular formula is C17H26IN5O. The normalized spacial score (nSPS) is 10.9. The topological polar surface area (TPSA) is 63.5 Å². The van der Waals surface area contributed by atoms with Crippen molar-refractivity contribution in [1.29, 1.82) is 0 Å². The highest BCUT2D eigenvalue weighted by atomic mass is 127. The predicted molar refractivity (Wildman–Crippen MR) is 108 cm³/mol. The van der Waals surface area contributed by atoms with Crippen LogP contribution >= 0.6 is 24.0 Å². The molecule has 2 aromatic rings. The molecular weight excluding hydrogens is 417 g/mol. The van der Waals surface area contributed by atoms with Crippen molar-refractivity contribution in [2.75, 3.05) is 20.2 Å². The maximum absolute atomic E-state index is 5.36. The minimum Gasteiger partial charge on any atom is -0.496 e. The van der Waals surface area contributed by atoms with E-state index in [4.69, 9.17) is 4.74 Å². The lowest BCUT2D eigenvalue weighted by Crippen LogP contribution is -2.38. The Bertz CT molecular complexity index is 641. The highest BCUT2D eigenvalue weighted by Gasteiger charge is 2.02. The van der Waals surface area contributed by atoms with Gasteiger partial charge in [-0.3, -0.25) is 4.68 Å². The minimum atomic E-state index is 0. The first kappa shape index (κ1) is 20.3. The summed E-state index contributed by atoms with van der Waals surface area (Å²) in [5.41, 5.74) is 2.23. The van der Waals surface area contributed by atoms with Crippen LogP contribution in [-0.2, 0) is 13.1 Å². The van der Waals surface area contributed by atoms with Gasteiger partial charge in [0.25, 0.3) is 0 Å². The van der Waals surface area contributed by atoms with E-state index in [9.17, 15) is 0 Å². The predicted octanol–water partition coefficient (Wildman–Crippen LogP) is 2.57. The molecule has 0 atom stereocenters. The SMILES string of the molecule is CCNC(=NCc1ccccc1OC)NCCn1cc(C)cn1.I. The monoisotopic (exact) mass is 443 g/mol. The fraction of sp³-hybridized carbons (Fsp3) is 0.412. The molecule has 0 saturated carbocycles. The molecule has 7 heteroatoms. The van der Waals surface area contributed by atoms with E-state index in [1.54, 1.807) is 7.11 Å². The largest absolute Gasteiger partial charge is 0.496 e. The Kier molecular flexibility index (Phi) is 9.21. The second kappa shape index (κ2) is 10.9. The number of hydrogen-bond donors (Lipinski definition) is 2. The summed E-state index contributed by atoms with van der Waals surface area (Å²) >= 11 is 0. The van der Waals surface area contributed by atoms with E-state index >= 15 is 0 Å². The zero-order valence-corrected chi connectivity index (χ0v) is 16.8. The third-order valence-electron chi connectivity index (χ3n) is 3.34. The van der Waals surface area contributed by atoms with Gasteiger partial charge in [-0.25, -0.2) is 4.99 Å². The molecule has 0 spiro atoms. The van der Waals surface area contributed by atoms with Crippen molar-refractivity contribution in [2.45, 2.75) is 26.9 Å². The fourth-order valence-corrected chi connectivity index (χ4v) is 2.22. The van der Waals surface area contributed by atoms with Gasteiger partial charge in [0.2, 0.25) is 0 Å². The van der Waals surface area contributed by atoms with Gasteiger partial charge >= 0.3 is 0 Å². The summed E-state index contributed by atoms with van der Waals surface area (Å²) < 4.78 is 7.28. The summed E-state index contributed by atoms with van der Waals surface area (Å²) in [5.74, 6) is 1.65. The number of ether oxygens (including phenoxy) is 1. The molecule has 0 fully saturated rings. The van der Waals surface area contributed by atoms with Crippen LogP contribution in [0.2, 0.25) is 0 Å². The molecule has 0 saturated heterocycles. The molecule has 0 bridgehead atoms. The van der Waals surface area contributed by atoms with Gasteiger partial charge in [-0.15, -0.1) is 24.0 Å². The molecule has 0 amide bonds. The van der Waals surface area contributed by atoms with Crippen molar-refractivity contribution in [3.05, 3.63) is 47.8 Å². The Hall–Kier alpha value is -1.77. The van der Waals surface area contributed by atoms with Crippen LogP contribution in [0.5, 0.6) is 5.75 Å². The Morgan fingerprint density at radius 2 is 2.08 bits per heavy atom. The molecule has 132 valence electrons. The van der Waals surface area contributed by atoms with Gasteiger partial charge in [-0.2, -0.15) is 5.10 Å². The summed E-state index contributed by atoms with van der Waals surface area (Å²) in [6.07, 6.45) is 3.89. The van der Waals surface area contributed by atoms with Crippen molar-refractivity contribution in [3.8, 4) is 5.75 Å². The third-order valence-corrected chi connectivity index (χ3v) is 3.34. The second-order valence-electron chi connectivity index (χ2n) is 5.21. The van der Waals surface area contributed by atoms with E-state index in [2.05, 4.69) is 27.6 Å². The first-order valence-corrected chi connectivity index (χ1v) is 7.86. The Morgan fingerprint density at radius 1 is 1.29 bits per heavy atom. The van der Waals surface area contributed by atoms with Gasteiger partial charge in [0.15, 0.2) is 5.96 Å². The van der Waals surface area contributed by atoms with E-state index < -0.39 is 0 Å². The van der Waals surface area contributed by atoms with Crippen LogP contribution in [0.1, 0.15) is 18.1 Å². The minimum absolute atomic E-state index is 0. The number of guanidine groups is 1. The van der Waals surface area contributed by atoms with E-state index in [1.807, 2.05) is 48.3 Å². The standard InChI is InChI=1S/C17H25N5O.HI/c1-4-18-17(19-9-10-22-13-14(2)11-21-22)20-12-15-7-5-6-8-16(15)23-3;/h5-8,11,13H,4,9-10,12H2,1-3H3,(H2,18,19,20);1H. The van der Waals surface area contributed by atoms with Crippen molar-refractivity contribution in [2.24, 2.45) is 4.99 Å². The van der Waals surface area contributed by atoms with Crippen molar-refractivity contribution >= 4 is 29.9 Å². The van der Waals surface area contributed by atoms with E-state index in [0.29, 0.717) is 6.54 Å². The van der Waals surface area contributed by atoms with E-state index in [-0.39, 0.29) is 24.0 Å². The number of hydrogen-bond acceptors (Lipinski definition) is 3. The summed E-state index contributed by atoms with van der Waals surface area (Å²) in [6.45, 7) is 7.04. The summed E-state index contributed by atoms with van der Waals surface area (Å²) in [6, 6.07) is 7.93. The molecule has 24 heavy (non-hydrogen) atoms. The Morgan fingerprint density at radius 3 is 2.75 bits per heavy atom. The number of nitrogens with zero attached hydrogens (tertiary/aromatic N) is 3. The first-order valence-electron chi connectivity index (χ1n) is 7.86. The van der Waals surface area contributed by atoms with Crippen molar-refractivity contribution in [1.82, 2.24) is 20.4 Å². The second-order valence-corrected chi connectivity index (χ2v) is 5.21. The summed E-state index contributed by atoms with van der Waals surface area (Å²) in [7, 11) is 1.68. The van der Waals surface area contributed by atoms with Gasteiger partial charge in [-0.05, 0) is 25.5 Å². The maximum Gasteiger partial charge on any atom is 0.191 e. The van der Waals surface area contributed by atoms with Crippen LogP contribution in [0, 0.1) is 6.92 Å². The molecule has 1 aromatic heterocycles. The molecule has 0 aliphatic heterocycles. The molecule has 0 radical (unpaired) electrons. The number of halogens is 1. The molecule has 2 rings (SSSR count). The molecule has 0 aliphatic rings. The lowest BCUT2D eigenvalue weighted by molar-refractivity contribution is 0.410. The van der Waals surface area contributed by atoms with Crippen LogP contribution in [0.15, 0.2) is 41.7 Å². The lowest BCUT2D eigenvalue weighted by atomic mass is 10.2. The number of rotatable bonds is 7. The van der Waals surface area contributed by atoms with E-state index in [0.717, 1.165) is 36.9 Å². The molecule has 2 N–H and O–H groups in total. The van der Waals surface area contributed by atoms with Gasteiger partial charge in [0, 0.05) is 24.8 Å². The maximum atomic E-state index is 5.36. The number of aliphatic imine (C=N–C) groups is 1.